The van der Waals surface area contributed by atoms with Crippen LogP contribution in [0, 0.1) is 0 Å². The first kappa shape index (κ1) is 14.3. The number of hydrogen-bond donors (Lipinski definition) is 1. The molecule has 96 valence electrons. The van der Waals surface area contributed by atoms with Gasteiger partial charge in [0.15, 0.2) is 0 Å². The smallest absolute Gasteiger partial charge is 0.144 e. The fraction of sp³-hybridized carbons (Fsp3) is 0.667. The van der Waals surface area contributed by atoms with Gasteiger partial charge in [0.2, 0.25) is 0 Å². The number of anilines is 1. The summed E-state index contributed by atoms with van der Waals surface area (Å²) in [7, 11) is 4.00. The van der Waals surface area contributed by atoms with Crippen molar-refractivity contribution in [1.29, 1.82) is 0 Å². The third-order valence-corrected chi connectivity index (χ3v) is 3.54. The van der Waals surface area contributed by atoms with Crippen molar-refractivity contribution in [3.05, 3.63) is 18.1 Å². The second-order valence-corrected chi connectivity index (χ2v) is 4.99. The number of nitrogens with one attached hydrogen (secondary N) is 1. The van der Waals surface area contributed by atoms with Gasteiger partial charge in [0, 0.05) is 25.4 Å². The standard InChI is InChI=1S/C12H22N4S/c1-5-11(9-17-4)16(3)8-10-6-15-12(13-2)7-14-10/h6-7,11H,5,8-9H2,1-4H3,(H,13,15). The van der Waals surface area contributed by atoms with Crippen molar-refractivity contribution < 1.29 is 0 Å². The third kappa shape index (κ3) is 4.52. The molecule has 0 aliphatic heterocycles. The van der Waals surface area contributed by atoms with E-state index in [1.54, 1.807) is 6.20 Å². The van der Waals surface area contributed by atoms with E-state index in [4.69, 9.17) is 0 Å². The topological polar surface area (TPSA) is 41.1 Å². The molecule has 0 spiro atoms. The van der Waals surface area contributed by atoms with E-state index in [1.807, 2.05) is 25.0 Å². The molecule has 1 heterocycles. The number of nitrogens with zero attached hydrogens (tertiary/aromatic N) is 3. The van der Waals surface area contributed by atoms with Gasteiger partial charge in [-0.1, -0.05) is 6.92 Å². The Morgan fingerprint density at radius 3 is 2.65 bits per heavy atom. The minimum Gasteiger partial charge on any atom is -0.372 e. The van der Waals surface area contributed by atoms with Gasteiger partial charge in [-0.15, -0.1) is 0 Å². The SMILES string of the molecule is CCC(CSC)N(C)Cc1cnc(NC)cn1. The lowest BCUT2D eigenvalue weighted by atomic mass is 10.2. The molecule has 0 saturated carbocycles. The highest BCUT2D eigenvalue weighted by molar-refractivity contribution is 7.98. The molecule has 1 atom stereocenters. The Balaban J connectivity index is 2.56. The second-order valence-electron chi connectivity index (χ2n) is 4.08. The predicted octanol–water partition coefficient (Wildman–Crippen LogP) is 2.09. The lowest BCUT2D eigenvalue weighted by molar-refractivity contribution is 0.245. The second kappa shape index (κ2) is 7.50. The Labute approximate surface area is 108 Å². The van der Waals surface area contributed by atoms with Crippen LogP contribution in [-0.2, 0) is 6.54 Å². The molecule has 0 saturated heterocycles. The highest BCUT2D eigenvalue weighted by atomic mass is 32.2. The zero-order chi connectivity index (χ0) is 12.7. The van der Waals surface area contributed by atoms with E-state index in [9.17, 15) is 0 Å². The van der Waals surface area contributed by atoms with Crippen molar-refractivity contribution in [2.24, 2.45) is 0 Å². The fourth-order valence-corrected chi connectivity index (χ4v) is 2.57. The number of rotatable bonds is 7. The summed E-state index contributed by atoms with van der Waals surface area (Å²) in [5.41, 5.74) is 1.02. The third-order valence-electron chi connectivity index (χ3n) is 2.83. The largest absolute Gasteiger partial charge is 0.372 e. The van der Waals surface area contributed by atoms with Crippen LogP contribution in [0.3, 0.4) is 0 Å². The molecule has 1 aromatic heterocycles. The highest BCUT2D eigenvalue weighted by Gasteiger charge is 2.12. The van der Waals surface area contributed by atoms with E-state index in [0.717, 1.165) is 23.8 Å². The van der Waals surface area contributed by atoms with Crippen molar-refractivity contribution in [2.75, 3.05) is 31.4 Å². The maximum Gasteiger partial charge on any atom is 0.144 e. The monoisotopic (exact) mass is 254 g/mol. The zero-order valence-electron chi connectivity index (χ0n) is 11.1. The normalized spacial score (nSPS) is 12.8. The fourth-order valence-electron chi connectivity index (χ4n) is 1.70. The average molecular weight is 254 g/mol. The van der Waals surface area contributed by atoms with Crippen LogP contribution >= 0.6 is 11.8 Å². The summed E-state index contributed by atoms with van der Waals surface area (Å²) < 4.78 is 0. The minimum atomic E-state index is 0.607. The van der Waals surface area contributed by atoms with Crippen molar-refractivity contribution in [2.45, 2.75) is 25.9 Å². The number of aromatic nitrogens is 2. The van der Waals surface area contributed by atoms with E-state index in [2.05, 4.69) is 40.4 Å². The Morgan fingerprint density at radius 1 is 1.41 bits per heavy atom. The summed E-state index contributed by atoms with van der Waals surface area (Å²) in [6.45, 7) is 3.09. The van der Waals surface area contributed by atoms with E-state index < -0.39 is 0 Å². The maximum absolute atomic E-state index is 4.39. The first-order valence-electron chi connectivity index (χ1n) is 5.89. The van der Waals surface area contributed by atoms with Gasteiger partial charge in [-0.3, -0.25) is 9.88 Å². The number of hydrogen-bond acceptors (Lipinski definition) is 5. The maximum atomic E-state index is 4.39. The molecule has 0 amide bonds. The summed E-state index contributed by atoms with van der Waals surface area (Å²) in [5, 5.41) is 2.97. The molecule has 0 bridgehead atoms. The molecule has 1 rings (SSSR count). The quantitative estimate of drug-likeness (QED) is 0.807. The van der Waals surface area contributed by atoms with Gasteiger partial charge in [-0.05, 0) is 19.7 Å². The van der Waals surface area contributed by atoms with Crippen LogP contribution in [0.1, 0.15) is 19.0 Å². The zero-order valence-corrected chi connectivity index (χ0v) is 11.9. The van der Waals surface area contributed by atoms with Crippen molar-refractivity contribution >= 4 is 17.6 Å². The molecule has 0 fully saturated rings. The first-order chi connectivity index (χ1) is 8.21. The van der Waals surface area contributed by atoms with Gasteiger partial charge in [0.1, 0.15) is 5.82 Å². The van der Waals surface area contributed by atoms with Crippen LogP contribution in [-0.4, -0.2) is 47.0 Å². The summed E-state index contributed by atoms with van der Waals surface area (Å²) in [5.74, 6) is 1.97. The molecule has 4 nitrogen and oxygen atoms in total. The molecule has 1 N–H and O–H groups in total. The molecule has 5 heteroatoms. The van der Waals surface area contributed by atoms with E-state index >= 15 is 0 Å². The van der Waals surface area contributed by atoms with Gasteiger partial charge in [0.05, 0.1) is 18.1 Å². The average Bonchev–Trinajstić information content (AvgIpc) is 2.36. The van der Waals surface area contributed by atoms with Crippen molar-refractivity contribution in [1.82, 2.24) is 14.9 Å². The van der Waals surface area contributed by atoms with Crippen LogP contribution in [0.5, 0.6) is 0 Å². The van der Waals surface area contributed by atoms with Crippen LogP contribution in [0.4, 0.5) is 5.82 Å². The molecule has 1 unspecified atom stereocenters. The van der Waals surface area contributed by atoms with Gasteiger partial charge in [-0.2, -0.15) is 11.8 Å². The summed E-state index contributed by atoms with van der Waals surface area (Å²) in [6.07, 6.45) is 6.93. The van der Waals surface area contributed by atoms with E-state index in [0.29, 0.717) is 6.04 Å². The van der Waals surface area contributed by atoms with Crippen LogP contribution in [0.15, 0.2) is 12.4 Å². The van der Waals surface area contributed by atoms with Crippen LogP contribution < -0.4 is 5.32 Å². The molecule has 0 aliphatic rings. The van der Waals surface area contributed by atoms with E-state index in [1.165, 1.54) is 6.42 Å². The summed E-state index contributed by atoms with van der Waals surface area (Å²) in [6, 6.07) is 0.607. The predicted molar refractivity (Wildman–Crippen MR) is 75.5 cm³/mol. The molecule has 17 heavy (non-hydrogen) atoms. The van der Waals surface area contributed by atoms with Crippen molar-refractivity contribution in [3.8, 4) is 0 Å². The number of thioether (sulfide) groups is 1. The lowest BCUT2D eigenvalue weighted by Gasteiger charge is -2.26. The highest BCUT2D eigenvalue weighted by Crippen LogP contribution is 2.11. The van der Waals surface area contributed by atoms with Crippen LogP contribution in [0.2, 0.25) is 0 Å². The molecule has 1 aromatic rings. The van der Waals surface area contributed by atoms with Gasteiger partial charge >= 0.3 is 0 Å². The van der Waals surface area contributed by atoms with Gasteiger partial charge in [-0.25, -0.2) is 4.98 Å². The Bertz CT molecular complexity index is 315. The van der Waals surface area contributed by atoms with E-state index in [-0.39, 0.29) is 0 Å². The van der Waals surface area contributed by atoms with Gasteiger partial charge in [0.25, 0.3) is 0 Å². The Morgan fingerprint density at radius 2 is 2.18 bits per heavy atom. The molecule has 0 radical (unpaired) electrons. The molecular formula is C12H22N4S. The molecular weight excluding hydrogens is 232 g/mol. The molecule has 0 aliphatic carbocycles. The summed E-state index contributed by atoms with van der Waals surface area (Å²) >= 11 is 1.89. The summed E-state index contributed by atoms with van der Waals surface area (Å²) in [4.78, 5) is 11.0. The van der Waals surface area contributed by atoms with Crippen LogP contribution in [0.25, 0.3) is 0 Å². The first-order valence-corrected chi connectivity index (χ1v) is 7.28. The Hall–Kier alpha value is -0.810. The van der Waals surface area contributed by atoms with Crippen molar-refractivity contribution in [3.63, 3.8) is 0 Å². The lowest BCUT2D eigenvalue weighted by Crippen LogP contribution is -2.33. The van der Waals surface area contributed by atoms with Gasteiger partial charge < -0.3 is 5.32 Å². The Kier molecular flexibility index (Phi) is 6.29. The minimum absolute atomic E-state index is 0.607. The molecule has 0 aromatic carbocycles.